The van der Waals surface area contributed by atoms with Crippen molar-refractivity contribution in [1.82, 2.24) is 0 Å². The van der Waals surface area contributed by atoms with Crippen molar-refractivity contribution >= 4 is 35.0 Å². The molecule has 2 aromatic rings. The van der Waals surface area contributed by atoms with E-state index in [-0.39, 0.29) is 17.2 Å². The van der Waals surface area contributed by atoms with Crippen molar-refractivity contribution in [3.05, 3.63) is 54.1 Å². The number of hydrogen-bond donors (Lipinski definition) is 1. The van der Waals surface area contributed by atoms with Crippen molar-refractivity contribution in [2.75, 3.05) is 23.1 Å². The van der Waals surface area contributed by atoms with Crippen LogP contribution in [0.1, 0.15) is 30.7 Å². The van der Waals surface area contributed by atoms with Gasteiger partial charge in [-0.3, -0.25) is 14.5 Å². The summed E-state index contributed by atoms with van der Waals surface area (Å²) in [7, 11) is 1.62. The number of nitrogens with zero attached hydrogens (tertiary/aromatic N) is 1. The first kappa shape index (κ1) is 18.3. The Morgan fingerprint density at radius 2 is 1.88 bits per heavy atom. The first-order chi connectivity index (χ1) is 12.6. The molecule has 1 N–H and O–H groups in total. The average molecular weight is 370 g/mol. The van der Waals surface area contributed by atoms with E-state index in [1.54, 1.807) is 18.9 Å². The summed E-state index contributed by atoms with van der Waals surface area (Å²) in [6, 6.07) is 15.2. The maximum absolute atomic E-state index is 12.4. The quantitative estimate of drug-likeness (QED) is 0.827. The molecule has 1 atom stereocenters. The zero-order valence-electron chi connectivity index (χ0n) is 14.9. The molecule has 1 fully saturated rings. The number of rotatable bonds is 6. The molecule has 6 heteroatoms. The highest BCUT2D eigenvalue weighted by atomic mass is 32.2. The Hall–Kier alpha value is -2.47. The lowest BCUT2D eigenvalue weighted by molar-refractivity contribution is -0.116. The second-order valence-corrected chi connectivity index (χ2v) is 7.11. The molecule has 0 saturated carbocycles. The highest BCUT2D eigenvalue weighted by molar-refractivity contribution is 8.00. The number of methoxy groups -OCH3 is 1. The summed E-state index contributed by atoms with van der Waals surface area (Å²) < 4.78 is 5.19. The number of anilines is 2. The number of thioether (sulfide) groups is 1. The van der Waals surface area contributed by atoms with E-state index in [1.807, 2.05) is 60.4 Å². The molecule has 0 bridgehead atoms. The van der Waals surface area contributed by atoms with Crippen molar-refractivity contribution in [3.8, 4) is 5.75 Å². The van der Waals surface area contributed by atoms with E-state index >= 15 is 0 Å². The van der Waals surface area contributed by atoms with Gasteiger partial charge < -0.3 is 10.1 Å². The summed E-state index contributed by atoms with van der Waals surface area (Å²) >= 11 is 1.60. The second kappa shape index (κ2) is 8.27. The predicted molar refractivity (Wildman–Crippen MR) is 106 cm³/mol. The molecule has 1 aliphatic rings. The number of benzene rings is 2. The molecule has 2 aromatic carbocycles. The lowest BCUT2D eigenvalue weighted by Crippen LogP contribution is -2.27. The second-order valence-electron chi connectivity index (χ2n) is 6.05. The molecule has 1 saturated heterocycles. The van der Waals surface area contributed by atoms with E-state index < -0.39 is 0 Å². The fourth-order valence-corrected chi connectivity index (χ4v) is 4.05. The normalized spacial score (nSPS) is 16.6. The summed E-state index contributed by atoms with van der Waals surface area (Å²) in [6.45, 7) is 1.98. The first-order valence-electron chi connectivity index (χ1n) is 8.60. The van der Waals surface area contributed by atoms with Crippen LogP contribution in [-0.2, 0) is 9.59 Å². The number of nitrogens with one attached hydrogen (secondary N) is 1. The van der Waals surface area contributed by atoms with Gasteiger partial charge in [-0.15, -0.1) is 11.8 Å². The van der Waals surface area contributed by atoms with Crippen molar-refractivity contribution in [2.45, 2.75) is 25.1 Å². The summed E-state index contributed by atoms with van der Waals surface area (Å²) in [5.41, 5.74) is 2.66. The summed E-state index contributed by atoms with van der Waals surface area (Å²) in [6.07, 6.45) is 1.33. The van der Waals surface area contributed by atoms with E-state index in [0.29, 0.717) is 12.2 Å². The Kier molecular flexibility index (Phi) is 5.83. The molecular weight excluding hydrogens is 348 g/mol. The van der Waals surface area contributed by atoms with Gasteiger partial charge in [0, 0.05) is 17.8 Å². The van der Waals surface area contributed by atoms with Gasteiger partial charge in [0.1, 0.15) is 11.1 Å². The van der Waals surface area contributed by atoms with Gasteiger partial charge in [0.25, 0.3) is 0 Å². The summed E-state index contributed by atoms with van der Waals surface area (Å²) in [4.78, 5) is 25.9. The molecule has 0 aromatic heterocycles. The van der Waals surface area contributed by atoms with Crippen LogP contribution in [0.4, 0.5) is 11.4 Å². The molecule has 1 heterocycles. The van der Waals surface area contributed by atoms with Gasteiger partial charge in [-0.25, -0.2) is 0 Å². The number of carbonyl (C=O) groups is 2. The minimum absolute atomic E-state index is 0.0190. The monoisotopic (exact) mass is 370 g/mol. The standard InChI is InChI=1S/C20H22N2O3S/c1-3-4-18(23)21-15-7-5-14(6-8-15)20-22(19(24)13-26-20)16-9-11-17(25-2)12-10-16/h5-12,20H,3-4,13H2,1-2H3,(H,21,23)/t20-/m1/s1. The molecule has 0 spiro atoms. The van der Waals surface area contributed by atoms with Gasteiger partial charge in [-0.2, -0.15) is 0 Å². The Morgan fingerprint density at radius 1 is 1.19 bits per heavy atom. The van der Waals surface area contributed by atoms with Crippen molar-refractivity contribution in [2.24, 2.45) is 0 Å². The van der Waals surface area contributed by atoms with E-state index in [1.165, 1.54) is 0 Å². The van der Waals surface area contributed by atoms with E-state index in [2.05, 4.69) is 5.32 Å². The third kappa shape index (κ3) is 4.02. The fourth-order valence-electron chi connectivity index (χ4n) is 2.87. The van der Waals surface area contributed by atoms with Crippen LogP contribution in [0.3, 0.4) is 0 Å². The highest BCUT2D eigenvalue weighted by Crippen LogP contribution is 2.42. The number of ether oxygens (including phenoxy) is 1. The Labute approximate surface area is 157 Å². The van der Waals surface area contributed by atoms with Crippen molar-refractivity contribution in [1.29, 1.82) is 0 Å². The van der Waals surface area contributed by atoms with Crippen LogP contribution >= 0.6 is 11.8 Å². The molecule has 0 unspecified atom stereocenters. The van der Waals surface area contributed by atoms with Crippen molar-refractivity contribution < 1.29 is 14.3 Å². The van der Waals surface area contributed by atoms with Gasteiger partial charge in [0.15, 0.2) is 0 Å². The van der Waals surface area contributed by atoms with Gasteiger partial charge in [-0.05, 0) is 48.4 Å². The van der Waals surface area contributed by atoms with Crippen LogP contribution in [0, 0.1) is 0 Å². The smallest absolute Gasteiger partial charge is 0.238 e. The molecule has 2 amide bonds. The zero-order valence-corrected chi connectivity index (χ0v) is 15.7. The first-order valence-corrected chi connectivity index (χ1v) is 9.64. The molecule has 5 nitrogen and oxygen atoms in total. The number of carbonyl (C=O) groups excluding carboxylic acids is 2. The van der Waals surface area contributed by atoms with Crippen LogP contribution < -0.4 is 15.0 Å². The average Bonchev–Trinajstić information content (AvgIpc) is 3.04. The highest BCUT2D eigenvalue weighted by Gasteiger charge is 2.33. The lowest BCUT2D eigenvalue weighted by atomic mass is 10.1. The van der Waals surface area contributed by atoms with Crippen LogP contribution in [-0.4, -0.2) is 24.7 Å². The van der Waals surface area contributed by atoms with Crippen LogP contribution in [0.15, 0.2) is 48.5 Å². The third-order valence-electron chi connectivity index (χ3n) is 4.18. The third-order valence-corrected chi connectivity index (χ3v) is 5.39. The Bertz CT molecular complexity index is 775. The van der Waals surface area contributed by atoms with Crippen molar-refractivity contribution in [3.63, 3.8) is 0 Å². The Morgan fingerprint density at radius 3 is 2.50 bits per heavy atom. The minimum Gasteiger partial charge on any atom is -0.497 e. The summed E-state index contributed by atoms with van der Waals surface area (Å²) in [5.74, 6) is 1.32. The molecule has 0 radical (unpaired) electrons. The van der Waals surface area contributed by atoms with Gasteiger partial charge in [0.05, 0.1) is 12.9 Å². The molecule has 0 aliphatic carbocycles. The zero-order chi connectivity index (χ0) is 18.5. The Balaban J connectivity index is 1.78. The predicted octanol–water partition coefficient (Wildman–Crippen LogP) is 4.21. The minimum atomic E-state index is -0.0729. The fraction of sp³-hybridized carbons (Fsp3) is 0.300. The molecule has 26 heavy (non-hydrogen) atoms. The largest absolute Gasteiger partial charge is 0.497 e. The van der Waals surface area contributed by atoms with Crippen LogP contribution in [0.25, 0.3) is 0 Å². The van der Waals surface area contributed by atoms with Crippen LogP contribution in [0.5, 0.6) is 5.75 Å². The molecular formula is C20H22N2O3S. The summed E-state index contributed by atoms with van der Waals surface area (Å²) in [5, 5.41) is 2.81. The lowest BCUT2D eigenvalue weighted by Gasteiger charge is -2.24. The maximum Gasteiger partial charge on any atom is 0.238 e. The number of hydrogen-bond acceptors (Lipinski definition) is 4. The molecule has 3 rings (SSSR count). The molecule has 1 aliphatic heterocycles. The van der Waals surface area contributed by atoms with Gasteiger partial charge >= 0.3 is 0 Å². The SMILES string of the molecule is CCCC(=O)Nc1ccc([C@H]2SCC(=O)N2c2ccc(OC)cc2)cc1. The van der Waals surface area contributed by atoms with E-state index in [4.69, 9.17) is 4.74 Å². The molecule has 136 valence electrons. The van der Waals surface area contributed by atoms with E-state index in [0.717, 1.165) is 29.1 Å². The van der Waals surface area contributed by atoms with Gasteiger partial charge in [0.2, 0.25) is 11.8 Å². The van der Waals surface area contributed by atoms with Crippen LogP contribution in [0.2, 0.25) is 0 Å². The van der Waals surface area contributed by atoms with Gasteiger partial charge in [-0.1, -0.05) is 19.1 Å². The maximum atomic E-state index is 12.4. The topological polar surface area (TPSA) is 58.6 Å². The number of amides is 2. The van der Waals surface area contributed by atoms with E-state index in [9.17, 15) is 9.59 Å².